The number of hydrogen-bond acceptors (Lipinski definition) is 2. The molecule has 2 aliphatic rings. The molecule has 0 bridgehead atoms. The van der Waals surface area contributed by atoms with Gasteiger partial charge < -0.3 is 4.90 Å². The van der Waals surface area contributed by atoms with Gasteiger partial charge in [-0.2, -0.15) is 13.2 Å². The molecule has 1 aliphatic carbocycles. The zero-order valence-corrected chi connectivity index (χ0v) is 16.8. The molecule has 0 saturated heterocycles. The van der Waals surface area contributed by atoms with Crippen LogP contribution in [-0.2, 0) is 6.18 Å². The van der Waals surface area contributed by atoms with Crippen LogP contribution in [0.3, 0.4) is 0 Å². The van der Waals surface area contributed by atoms with Gasteiger partial charge in [-0.25, -0.2) is 0 Å². The van der Waals surface area contributed by atoms with Gasteiger partial charge in [0.25, 0.3) is 0 Å². The van der Waals surface area contributed by atoms with Gasteiger partial charge in [-0.15, -0.1) is 0 Å². The van der Waals surface area contributed by atoms with Crippen molar-refractivity contribution in [2.45, 2.75) is 67.3 Å². The Hall–Kier alpha value is -1.62. The Morgan fingerprint density at radius 3 is 2.29 bits per heavy atom. The fourth-order valence-corrected chi connectivity index (χ4v) is 5.46. The zero-order chi connectivity index (χ0) is 19.6. The smallest absolute Gasteiger partial charge is 0.340 e. The first-order chi connectivity index (χ1) is 13.5. The highest BCUT2D eigenvalue weighted by atomic mass is 32.2. The van der Waals surface area contributed by atoms with Crippen molar-refractivity contribution >= 4 is 23.1 Å². The first-order valence-electron chi connectivity index (χ1n) is 10.3. The lowest BCUT2D eigenvalue weighted by atomic mass is 9.88. The van der Waals surface area contributed by atoms with E-state index in [4.69, 9.17) is 0 Å². The predicted octanol–water partition coefficient (Wildman–Crippen LogP) is 8.06. The van der Waals surface area contributed by atoms with Crippen LogP contribution in [0.15, 0.2) is 52.3 Å². The predicted molar refractivity (Wildman–Crippen MR) is 109 cm³/mol. The molecule has 150 valence electrons. The fourth-order valence-electron chi connectivity index (χ4n) is 4.39. The van der Waals surface area contributed by atoms with Crippen LogP contribution in [0.4, 0.5) is 24.5 Å². The van der Waals surface area contributed by atoms with Crippen LogP contribution >= 0.6 is 11.8 Å². The summed E-state index contributed by atoms with van der Waals surface area (Å²) in [5.74, 6) is 0.677. The Balaban J connectivity index is 1.61. The van der Waals surface area contributed by atoms with Crippen LogP contribution in [0.2, 0.25) is 0 Å². The molecule has 0 radical (unpaired) electrons. The highest BCUT2D eigenvalue weighted by molar-refractivity contribution is 7.99. The van der Waals surface area contributed by atoms with Crippen molar-refractivity contribution in [3.63, 3.8) is 0 Å². The Kier molecular flexibility index (Phi) is 5.91. The lowest BCUT2D eigenvalue weighted by molar-refractivity contribution is -0.137. The van der Waals surface area contributed by atoms with Crippen LogP contribution in [0, 0.1) is 5.92 Å². The van der Waals surface area contributed by atoms with Crippen molar-refractivity contribution in [3.8, 4) is 0 Å². The lowest BCUT2D eigenvalue weighted by Crippen LogP contribution is -2.24. The number of halogens is 3. The summed E-state index contributed by atoms with van der Waals surface area (Å²) in [5, 5.41) is 0. The second-order valence-electron chi connectivity index (χ2n) is 7.90. The molecule has 0 amide bonds. The van der Waals surface area contributed by atoms with Crippen LogP contribution in [0.1, 0.15) is 56.9 Å². The molecule has 28 heavy (non-hydrogen) atoms. The average molecular weight is 406 g/mol. The van der Waals surface area contributed by atoms with Crippen molar-refractivity contribution < 1.29 is 13.2 Å². The van der Waals surface area contributed by atoms with Gasteiger partial charge in [0.15, 0.2) is 0 Å². The summed E-state index contributed by atoms with van der Waals surface area (Å²) in [7, 11) is 0. The highest BCUT2D eigenvalue weighted by Gasteiger charge is 2.33. The molecule has 2 aromatic rings. The molecule has 1 nitrogen and oxygen atoms in total. The largest absolute Gasteiger partial charge is 0.416 e. The van der Waals surface area contributed by atoms with Crippen molar-refractivity contribution in [1.82, 2.24) is 0 Å². The number of rotatable bonds is 3. The summed E-state index contributed by atoms with van der Waals surface area (Å²) in [6, 6.07) is 12.2. The highest BCUT2D eigenvalue weighted by Crippen LogP contribution is 2.49. The van der Waals surface area contributed by atoms with E-state index >= 15 is 0 Å². The van der Waals surface area contributed by atoms with Crippen molar-refractivity contribution in [2.75, 3.05) is 11.4 Å². The standard InChI is InChI=1S/C23H26F3NS/c24-23(25,26)18-12-13-22-20(16-18)27(19-10-6-7-11-21(19)28-22)15-14-17-8-4-2-1-3-5-9-17/h6-7,10-13,16-17H,1-5,8-9,14-15H2. The minimum absolute atomic E-state index is 0.567. The fraction of sp³-hybridized carbons (Fsp3) is 0.478. The monoisotopic (exact) mass is 405 g/mol. The summed E-state index contributed by atoms with van der Waals surface area (Å²) >= 11 is 1.56. The Labute approximate surface area is 169 Å². The SMILES string of the molecule is FC(F)(F)c1ccc2c(c1)N(CCC1CCCCCCC1)c1ccccc1S2. The third-order valence-electron chi connectivity index (χ3n) is 5.94. The third kappa shape index (κ3) is 4.35. The number of fused-ring (bicyclic) bond motifs is 2. The molecule has 0 N–H and O–H groups in total. The van der Waals surface area contributed by atoms with E-state index in [9.17, 15) is 13.2 Å². The third-order valence-corrected chi connectivity index (χ3v) is 7.07. The van der Waals surface area contributed by atoms with Crippen LogP contribution in [0.5, 0.6) is 0 Å². The number of benzene rings is 2. The van der Waals surface area contributed by atoms with Crippen LogP contribution < -0.4 is 4.90 Å². The maximum Gasteiger partial charge on any atom is 0.416 e. The summed E-state index contributed by atoms with van der Waals surface area (Å²) in [4.78, 5) is 4.15. The van der Waals surface area contributed by atoms with Crippen molar-refractivity contribution in [1.29, 1.82) is 0 Å². The van der Waals surface area contributed by atoms with E-state index in [1.807, 2.05) is 18.2 Å². The van der Waals surface area contributed by atoms with Gasteiger partial charge in [-0.1, -0.05) is 68.8 Å². The van der Waals surface area contributed by atoms with E-state index in [0.29, 0.717) is 11.6 Å². The molecule has 1 saturated carbocycles. The molecule has 0 atom stereocenters. The van der Waals surface area contributed by atoms with E-state index in [1.165, 1.54) is 57.1 Å². The number of hydrogen-bond donors (Lipinski definition) is 0. The first-order valence-corrected chi connectivity index (χ1v) is 11.1. The summed E-state index contributed by atoms with van der Waals surface area (Å²) in [6.45, 7) is 0.774. The molecule has 1 heterocycles. The molecule has 5 heteroatoms. The van der Waals surface area contributed by atoms with E-state index < -0.39 is 11.7 Å². The number of para-hydroxylation sites is 1. The van der Waals surface area contributed by atoms with Crippen LogP contribution in [-0.4, -0.2) is 6.54 Å². The van der Waals surface area contributed by atoms with Gasteiger partial charge in [0.2, 0.25) is 0 Å². The quantitative estimate of drug-likeness (QED) is 0.508. The normalized spacial score (nSPS) is 18.2. The molecule has 1 fully saturated rings. The molecular formula is C23H26F3NS. The van der Waals surface area contributed by atoms with Crippen molar-refractivity contribution in [2.24, 2.45) is 5.92 Å². The molecule has 4 rings (SSSR count). The Morgan fingerprint density at radius 2 is 1.54 bits per heavy atom. The summed E-state index contributed by atoms with van der Waals surface area (Å²) in [6.07, 6.45) is 5.76. The maximum atomic E-state index is 13.3. The molecular weight excluding hydrogens is 379 g/mol. The minimum Gasteiger partial charge on any atom is -0.340 e. The van der Waals surface area contributed by atoms with Gasteiger partial charge in [0.1, 0.15) is 0 Å². The summed E-state index contributed by atoms with van der Waals surface area (Å²) < 4.78 is 39.9. The second kappa shape index (κ2) is 8.40. The number of anilines is 2. The van der Waals surface area contributed by atoms with Crippen LogP contribution in [0.25, 0.3) is 0 Å². The van der Waals surface area contributed by atoms with Gasteiger partial charge >= 0.3 is 6.18 Å². The maximum absolute atomic E-state index is 13.3. The molecule has 0 unspecified atom stereocenters. The van der Waals surface area contributed by atoms with Gasteiger partial charge in [0.05, 0.1) is 16.9 Å². The van der Waals surface area contributed by atoms with Gasteiger partial charge in [0, 0.05) is 16.3 Å². The molecule has 2 aromatic carbocycles. The Morgan fingerprint density at radius 1 is 0.857 bits per heavy atom. The first kappa shape index (κ1) is 19.7. The number of nitrogens with zero attached hydrogens (tertiary/aromatic N) is 1. The number of alkyl halides is 3. The Bertz CT molecular complexity index is 810. The van der Waals surface area contributed by atoms with E-state index in [2.05, 4.69) is 11.0 Å². The second-order valence-corrected chi connectivity index (χ2v) is 8.99. The van der Waals surface area contributed by atoms with Gasteiger partial charge in [-0.3, -0.25) is 0 Å². The van der Waals surface area contributed by atoms with E-state index in [-0.39, 0.29) is 0 Å². The lowest BCUT2D eigenvalue weighted by Gasteiger charge is -2.34. The topological polar surface area (TPSA) is 3.24 Å². The van der Waals surface area contributed by atoms with Crippen molar-refractivity contribution in [3.05, 3.63) is 48.0 Å². The zero-order valence-electron chi connectivity index (χ0n) is 16.0. The average Bonchev–Trinajstić information content (AvgIpc) is 2.65. The molecule has 0 aromatic heterocycles. The molecule has 1 aliphatic heterocycles. The molecule has 0 spiro atoms. The van der Waals surface area contributed by atoms with E-state index in [1.54, 1.807) is 17.8 Å². The minimum atomic E-state index is -4.32. The van der Waals surface area contributed by atoms with Gasteiger partial charge in [-0.05, 0) is 42.7 Å². The summed E-state index contributed by atoms with van der Waals surface area (Å²) in [5.41, 5.74) is 1.16. The van der Waals surface area contributed by atoms with E-state index in [0.717, 1.165) is 28.4 Å².